The van der Waals surface area contributed by atoms with E-state index in [9.17, 15) is 9.79 Å². The van der Waals surface area contributed by atoms with Crippen LogP contribution in [0.5, 0.6) is 0 Å². The van der Waals surface area contributed by atoms with Crippen molar-refractivity contribution in [1.82, 2.24) is 0 Å². The van der Waals surface area contributed by atoms with Crippen LogP contribution in [-0.2, 0) is 56.6 Å². The standard InChI is InChI=1S/2C23H48NO7P/c2*1-3-4-5-6-7-8-9-10-11-12-13-14-15-16-18-27-20-23(28-22-26-2)21-30-32(25)31-29-19-17-24/h2*16,18,23,25H,3-15,17,19-22,24H2,1-2H3. The van der Waals surface area contributed by atoms with Gasteiger partial charge in [-0.05, 0) is 37.8 Å². The largest absolute Gasteiger partial charge is 0.499 e. The fourth-order valence-electron chi connectivity index (χ4n) is 6.02. The first kappa shape index (κ1) is 65.5. The van der Waals surface area contributed by atoms with Crippen molar-refractivity contribution < 1.29 is 66.4 Å². The highest BCUT2D eigenvalue weighted by Gasteiger charge is 2.17. The van der Waals surface area contributed by atoms with Gasteiger partial charge in [0.15, 0.2) is 0 Å². The third-order valence-corrected chi connectivity index (χ3v) is 10.8. The number of ether oxygens (including phenoxy) is 6. The SMILES string of the molecule is CCCCCCCCCCCCCCC=COCC(COP(O)OOCCN)OCOC.CCCCCCCCCCCCCCC=COCC(COP(O)OOCCN)OCOC. The number of hydrogen-bond donors (Lipinski definition) is 4. The summed E-state index contributed by atoms with van der Waals surface area (Å²) in [4.78, 5) is 28.5. The minimum Gasteiger partial charge on any atom is -0.499 e. The molecule has 0 radical (unpaired) electrons. The molecule has 64 heavy (non-hydrogen) atoms. The molecule has 18 heteroatoms. The van der Waals surface area contributed by atoms with Crippen LogP contribution in [0.15, 0.2) is 24.7 Å². The molecule has 4 unspecified atom stereocenters. The van der Waals surface area contributed by atoms with Crippen molar-refractivity contribution in [1.29, 1.82) is 0 Å². The molecule has 0 aliphatic heterocycles. The van der Waals surface area contributed by atoms with E-state index in [-0.39, 0.29) is 53.2 Å². The molecular weight excluding hydrogens is 866 g/mol. The van der Waals surface area contributed by atoms with Crippen molar-refractivity contribution in [3.8, 4) is 0 Å². The second kappa shape index (κ2) is 58.5. The van der Waals surface area contributed by atoms with Crippen molar-refractivity contribution in [2.45, 2.75) is 193 Å². The molecule has 0 rings (SSSR count). The van der Waals surface area contributed by atoms with Gasteiger partial charge in [-0.1, -0.05) is 155 Å². The van der Waals surface area contributed by atoms with Gasteiger partial charge in [0.05, 0.1) is 39.0 Å². The van der Waals surface area contributed by atoms with Gasteiger partial charge in [-0.25, -0.2) is 9.78 Å². The van der Waals surface area contributed by atoms with Gasteiger partial charge in [0.1, 0.15) is 39.0 Å². The molecule has 0 bridgehead atoms. The summed E-state index contributed by atoms with van der Waals surface area (Å²) in [5.41, 5.74) is 10.5. The highest BCUT2D eigenvalue weighted by atomic mass is 31.2. The molecule has 0 aliphatic carbocycles. The quantitative estimate of drug-likeness (QED) is 0.0112. The van der Waals surface area contributed by atoms with Crippen molar-refractivity contribution in [3.05, 3.63) is 24.7 Å². The first-order valence-electron chi connectivity index (χ1n) is 24.5. The molecule has 16 nitrogen and oxygen atoms in total. The van der Waals surface area contributed by atoms with Gasteiger partial charge in [0.2, 0.25) is 0 Å². The van der Waals surface area contributed by atoms with E-state index in [1.54, 1.807) is 12.5 Å². The Labute approximate surface area is 392 Å². The topological polar surface area (TPSA) is 203 Å². The Kier molecular flexibility index (Phi) is 59.8. The second-order valence-corrected chi connectivity index (χ2v) is 17.4. The molecule has 6 N–H and O–H groups in total. The number of rotatable bonds is 52. The molecule has 0 aromatic heterocycles. The number of allylic oxidation sites excluding steroid dienone is 2. The Bertz CT molecular complexity index is 853. The lowest BCUT2D eigenvalue weighted by atomic mass is 10.0. The third kappa shape index (κ3) is 55.7. The summed E-state index contributed by atoms with van der Waals surface area (Å²) in [6.45, 7) is 6.43. The normalized spacial score (nSPS) is 13.6. The Morgan fingerprint density at radius 2 is 0.766 bits per heavy atom. The van der Waals surface area contributed by atoms with Crippen LogP contribution in [0.3, 0.4) is 0 Å². The molecule has 0 fully saturated rings. The lowest BCUT2D eigenvalue weighted by molar-refractivity contribution is -0.214. The average molecular weight is 963 g/mol. The van der Waals surface area contributed by atoms with E-state index < -0.39 is 29.4 Å². The maximum Gasteiger partial charge on any atom is 0.360 e. The summed E-state index contributed by atoms with van der Waals surface area (Å²) in [5, 5.41) is 0. The van der Waals surface area contributed by atoms with Gasteiger partial charge < -0.3 is 58.7 Å². The van der Waals surface area contributed by atoms with E-state index >= 15 is 0 Å². The maximum absolute atomic E-state index is 9.58. The van der Waals surface area contributed by atoms with Crippen molar-refractivity contribution >= 4 is 17.2 Å². The molecule has 0 heterocycles. The van der Waals surface area contributed by atoms with Crippen LogP contribution < -0.4 is 11.5 Å². The summed E-state index contributed by atoms with van der Waals surface area (Å²) in [5.74, 6) is 0. The molecule has 0 spiro atoms. The van der Waals surface area contributed by atoms with Gasteiger partial charge in [-0.2, -0.15) is 9.35 Å². The summed E-state index contributed by atoms with van der Waals surface area (Å²) < 4.78 is 51.5. The molecule has 0 aromatic carbocycles. The fraction of sp³-hybridized carbons (Fsp3) is 0.913. The van der Waals surface area contributed by atoms with Gasteiger partial charge in [0, 0.05) is 27.3 Å². The van der Waals surface area contributed by atoms with Crippen LogP contribution >= 0.6 is 17.2 Å². The molecule has 384 valence electrons. The Morgan fingerprint density at radius 3 is 1.06 bits per heavy atom. The van der Waals surface area contributed by atoms with Crippen LogP contribution in [0, 0.1) is 0 Å². The molecule has 0 aliphatic rings. The zero-order valence-electron chi connectivity index (χ0n) is 40.8. The summed E-state index contributed by atoms with van der Waals surface area (Å²) in [6.07, 6.45) is 41.1. The lowest BCUT2D eigenvalue weighted by Gasteiger charge is -2.18. The summed E-state index contributed by atoms with van der Waals surface area (Å²) >= 11 is 0. The second-order valence-electron chi connectivity index (χ2n) is 15.6. The molecule has 0 aromatic rings. The number of unbranched alkanes of at least 4 members (excludes halogenated alkanes) is 24. The molecule has 4 atom stereocenters. The van der Waals surface area contributed by atoms with Gasteiger partial charge in [0.25, 0.3) is 0 Å². The molecule has 0 saturated carbocycles. The van der Waals surface area contributed by atoms with Gasteiger partial charge in [-0.3, -0.25) is 0 Å². The first-order chi connectivity index (χ1) is 31.5. The number of nitrogens with two attached hydrogens (primary N) is 2. The lowest BCUT2D eigenvalue weighted by Crippen LogP contribution is -2.25. The Balaban J connectivity index is 0. The van der Waals surface area contributed by atoms with Crippen molar-refractivity contribution in [2.75, 3.05) is 80.5 Å². The number of hydrogen-bond acceptors (Lipinski definition) is 16. The Morgan fingerprint density at radius 1 is 0.453 bits per heavy atom. The van der Waals surface area contributed by atoms with E-state index in [1.807, 2.05) is 12.2 Å². The predicted octanol–water partition coefficient (Wildman–Crippen LogP) is 11.5. The first-order valence-corrected chi connectivity index (χ1v) is 26.7. The van der Waals surface area contributed by atoms with Crippen molar-refractivity contribution in [2.24, 2.45) is 11.5 Å². The predicted molar refractivity (Wildman–Crippen MR) is 257 cm³/mol. The minimum absolute atomic E-state index is 0.0874. The maximum atomic E-state index is 9.58. The highest BCUT2D eigenvalue weighted by Crippen LogP contribution is 2.34. The van der Waals surface area contributed by atoms with Gasteiger partial charge in [-0.15, -0.1) is 0 Å². The smallest absolute Gasteiger partial charge is 0.360 e. The molecular formula is C46H96N2O14P2. The van der Waals surface area contributed by atoms with E-state index in [0.717, 1.165) is 12.8 Å². The van der Waals surface area contributed by atoms with Crippen LogP contribution in [0.4, 0.5) is 0 Å². The van der Waals surface area contributed by atoms with Crippen LogP contribution in [-0.4, -0.2) is 103 Å². The monoisotopic (exact) mass is 963 g/mol. The Hall–Kier alpha value is -0.620. The zero-order chi connectivity index (χ0) is 47.1. The van der Waals surface area contributed by atoms with E-state index in [0.29, 0.717) is 13.1 Å². The summed E-state index contributed by atoms with van der Waals surface area (Å²) in [7, 11) is -1.23. The minimum atomic E-state index is -2.15. The van der Waals surface area contributed by atoms with Crippen molar-refractivity contribution in [3.63, 3.8) is 0 Å². The summed E-state index contributed by atoms with van der Waals surface area (Å²) in [6, 6.07) is 0. The zero-order valence-corrected chi connectivity index (χ0v) is 42.6. The van der Waals surface area contributed by atoms with Crippen LogP contribution in [0.1, 0.15) is 181 Å². The highest BCUT2D eigenvalue weighted by molar-refractivity contribution is 7.40. The molecule has 0 amide bonds. The van der Waals surface area contributed by atoms with Gasteiger partial charge >= 0.3 is 17.2 Å². The number of methoxy groups -OCH3 is 2. The van der Waals surface area contributed by atoms with Crippen LogP contribution in [0.25, 0.3) is 0 Å². The molecule has 0 saturated heterocycles. The average Bonchev–Trinajstić information content (AvgIpc) is 3.30. The third-order valence-electron chi connectivity index (χ3n) is 9.62. The van der Waals surface area contributed by atoms with E-state index in [1.165, 1.54) is 168 Å². The fourth-order valence-corrected chi connectivity index (χ4v) is 7.02. The van der Waals surface area contributed by atoms with E-state index in [2.05, 4.69) is 33.0 Å². The van der Waals surface area contributed by atoms with E-state index in [4.69, 9.17) is 48.9 Å². The van der Waals surface area contributed by atoms with Crippen LogP contribution in [0.2, 0.25) is 0 Å².